The van der Waals surface area contributed by atoms with Gasteiger partial charge in [0.2, 0.25) is 0 Å². The standard InChI is InChI=1S/C15H12FNO2/c1-8-6-9(19-2)7-11-10-4-3-5-12(16)13(10)15(18)17-14(8)11/h3-7H,1-2H3,(H,17,18). The van der Waals surface area contributed by atoms with Gasteiger partial charge in [0.15, 0.2) is 0 Å². The lowest BCUT2D eigenvalue weighted by molar-refractivity contribution is 0.415. The number of aromatic nitrogens is 1. The number of halogens is 1. The molecule has 3 rings (SSSR count). The lowest BCUT2D eigenvalue weighted by Crippen LogP contribution is -2.09. The lowest BCUT2D eigenvalue weighted by atomic mass is 10.0. The zero-order chi connectivity index (χ0) is 13.6. The van der Waals surface area contributed by atoms with Gasteiger partial charge in [0.1, 0.15) is 11.6 Å². The minimum absolute atomic E-state index is 0.0858. The van der Waals surface area contributed by atoms with Gasteiger partial charge in [0.25, 0.3) is 5.56 Å². The summed E-state index contributed by atoms with van der Waals surface area (Å²) < 4.78 is 19.0. The summed E-state index contributed by atoms with van der Waals surface area (Å²) in [5.41, 5.74) is 1.19. The number of rotatable bonds is 1. The van der Waals surface area contributed by atoms with Gasteiger partial charge in [-0.2, -0.15) is 0 Å². The van der Waals surface area contributed by atoms with Crippen LogP contribution in [0, 0.1) is 12.7 Å². The Morgan fingerprint density at radius 3 is 2.74 bits per heavy atom. The van der Waals surface area contributed by atoms with Crippen LogP contribution >= 0.6 is 0 Å². The molecule has 0 bridgehead atoms. The van der Waals surface area contributed by atoms with E-state index in [4.69, 9.17) is 4.74 Å². The normalized spacial score (nSPS) is 11.1. The molecule has 0 fully saturated rings. The number of benzene rings is 2. The number of methoxy groups -OCH3 is 1. The molecule has 0 atom stereocenters. The molecule has 0 amide bonds. The largest absolute Gasteiger partial charge is 0.497 e. The summed E-state index contributed by atoms with van der Waals surface area (Å²) in [5.74, 6) is 0.170. The van der Waals surface area contributed by atoms with E-state index in [2.05, 4.69) is 4.98 Å². The van der Waals surface area contributed by atoms with E-state index in [0.717, 1.165) is 10.9 Å². The summed E-state index contributed by atoms with van der Waals surface area (Å²) in [4.78, 5) is 14.7. The van der Waals surface area contributed by atoms with Crippen LogP contribution in [0.2, 0.25) is 0 Å². The van der Waals surface area contributed by atoms with Gasteiger partial charge >= 0.3 is 0 Å². The fourth-order valence-corrected chi connectivity index (χ4v) is 2.41. The quantitative estimate of drug-likeness (QED) is 0.680. The van der Waals surface area contributed by atoms with Crippen molar-refractivity contribution in [1.82, 2.24) is 4.98 Å². The number of aryl methyl sites for hydroxylation is 1. The van der Waals surface area contributed by atoms with Gasteiger partial charge in [0.05, 0.1) is 18.0 Å². The van der Waals surface area contributed by atoms with E-state index in [1.807, 2.05) is 13.0 Å². The van der Waals surface area contributed by atoms with Crippen molar-refractivity contribution in [2.45, 2.75) is 6.92 Å². The third-order valence-electron chi connectivity index (χ3n) is 3.31. The second-order valence-corrected chi connectivity index (χ2v) is 4.48. The number of hydrogen-bond acceptors (Lipinski definition) is 2. The van der Waals surface area contributed by atoms with Crippen LogP contribution in [0.1, 0.15) is 5.56 Å². The van der Waals surface area contributed by atoms with Gasteiger partial charge < -0.3 is 9.72 Å². The topological polar surface area (TPSA) is 42.1 Å². The SMILES string of the molecule is COc1cc(C)c2[nH]c(=O)c3c(F)cccc3c2c1. The van der Waals surface area contributed by atoms with E-state index in [-0.39, 0.29) is 5.39 Å². The van der Waals surface area contributed by atoms with Crippen molar-refractivity contribution in [3.05, 3.63) is 52.1 Å². The highest BCUT2D eigenvalue weighted by atomic mass is 19.1. The lowest BCUT2D eigenvalue weighted by Gasteiger charge is -2.09. The molecule has 0 saturated heterocycles. The first kappa shape index (κ1) is 11.7. The summed E-state index contributed by atoms with van der Waals surface area (Å²) in [6.07, 6.45) is 0. The molecule has 4 heteroatoms. The molecule has 0 aliphatic carbocycles. The summed E-state index contributed by atoms with van der Waals surface area (Å²) in [5, 5.41) is 1.47. The first-order valence-electron chi connectivity index (χ1n) is 5.90. The number of nitrogens with one attached hydrogen (secondary N) is 1. The van der Waals surface area contributed by atoms with Crippen molar-refractivity contribution < 1.29 is 9.13 Å². The zero-order valence-corrected chi connectivity index (χ0v) is 10.6. The maximum absolute atomic E-state index is 13.8. The van der Waals surface area contributed by atoms with Crippen LogP contribution in [0.3, 0.4) is 0 Å². The van der Waals surface area contributed by atoms with Crippen LogP contribution in [0.25, 0.3) is 21.7 Å². The number of fused-ring (bicyclic) bond motifs is 3. The van der Waals surface area contributed by atoms with E-state index in [1.54, 1.807) is 25.3 Å². The molecule has 1 heterocycles. The van der Waals surface area contributed by atoms with E-state index >= 15 is 0 Å². The average Bonchev–Trinajstić information content (AvgIpc) is 2.39. The summed E-state index contributed by atoms with van der Waals surface area (Å²) in [6, 6.07) is 8.28. The van der Waals surface area contributed by atoms with Crippen LogP contribution in [-0.2, 0) is 0 Å². The number of aromatic amines is 1. The zero-order valence-electron chi connectivity index (χ0n) is 10.6. The number of hydrogen-bond donors (Lipinski definition) is 1. The highest BCUT2D eigenvalue weighted by Gasteiger charge is 2.11. The average molecular weight is 257 g/mol. The Hall–Kier alpha value is -2.36. The molecule has 0 saturated carbocycles. The molecule has 0 aliphatic heterocycles. The maximum Gasteiger partial charge on any atom is 0.259 e. The van der Waals surface area contributed by atoms with Crippen molar-refractivity contribution in [2.75, 3.05) is 7.11 Å². The fraction of sp³-hybridized carbons (Fsp3) is 0.133. The number of pyridine rings is 1. The predicted molar refractivity (Wildman–Crippen MR) is 73.3 cm³/mol. The molecule has 96 valence electrons. The molecule has 1 N–H and O–H groups in total. The Labute approximate surface area is 108 Å². The third-order valence-corrected chi connectivity index (χ3v) is 3.31. The molecule has 19 heavy (non-hydrogen) atoms. The van der Waals surface area contributed by atoms with Crippen LogP contribution in [0.15, 0.2) is 35.1 Å². The second-order valence-electron chi connectivity index (χ2n) is 4.48. The van der Waals surface area contributed by atoms with Crippen molar-refractivity contribution in [3.63, 3.8) is 0 Å². The summed E-state index contributed by atoms with van der Waals surface area (Å²) in [6.45, 7) is 1.88. The van der Waals surface area contributed by atoms with E-state index in [1.165, 1.54) is 6.07 Å². The first-order valence-corrected chi connectivity index (χ1v) is 5.90. The van der Waals surface area contributed by atoms with Gasteiger partial charge in [-0.1, -0.05) is 12.1 Å². The van der Waals surface area contributed by atoms with E-state index in [0.29, 0.717) is 16.7 Å². The number of H-pyrrole nitrogens is 1. The molecular formula is C15H12FNO2. The van der Waals surface area contributed by atoms with Crippen LogP contribution < -0.4 is 10.3 Å². The molecule has 0 spiro atoms. The fourth-order valence-electron chi connectivity index (χ4n) is 2.41. The number of ether oxygens (including phenoxy) is 1. The maximum atomic E-state index is 13.8. The summed E-state index contributed by atoms with van der Waals surface area (Å²) in [7, 11) is 1.58. The van der Waals surface area contributed by atoms with Gasteiger partial charge in [0, 0.05) is 5.39 Å². The van der Waals surface area contributed by atoms with E-state index < -0.39 is 11.4 Å². The molecule has 3 aromatic rings. The molecule has 3 nitrogen and oxygen atoms in total. The Balaban J connectivity index is 2.62. The Kier molecular flexibility index (Phi) is 2.52. The minimum Gasteiger partial charge on any atom is -0.497 e. The molecule has 0 aliphatic rings. The van der Waals surface area contributed by atoms with Gasteiger partial charge in [-0.25, -0.2) is 4.39 Å². The Bertz CT molecular complexity index is 852. The van der Waals surface area contributed by atoms with Crippen LogP contribution in [0.5, 0.6) is 5.75 Å². The highest BCUT2D eigenvalue weighted by molar-refractivity contribution is 6.06. The Morgan fingerprint density at radius 2 is 2.00 bits per heavy atom. The third kappa shape index (κ3) is 1.68. The molecule has 0 radical (unpaired) electrons. The molecular weight excluding hydrogens is 245 g/mol. The van der Waals surface area contributed by atoms with Gasteiger partial charge in [-0.15, -0.1) is 0 Å². The highest BCUT2D eigenvalue weighted by Crippen LogP contribution is 2.28. The van der Waals surface area contributed by atoms with Crippen molar-refractivity contribution >= 4 is 21.7 Å². The molecule has 1 aromatic heterocycles. The minimum atomic E-state index is -0.513. The summed E-state index contributed by atoms with van der Waals surface area (Å²) >= 11 is 0. The van der Waals surface area contributed by atoms with Crippen molar-refractivity contribution in [1.29, 1.82) is 0 Å². The Morgan fingerprint density at radius 1 is 1.21 bits per heavy atom. The van der Waals surface area contributed by atoms with Gasteiger partial charge in [-0.05, 0) is 36.1 Å². The monoisotopic (exact) mass is 257 g/mol. The van der Waals surface area contributed by atoms with Crippen molar-refractivity contribution in [2.24, 2.45) is 0 Å². The van der Waals surface area contributed by atoms with Crippen LogP contribution in [0.4, 0.5) is 4.39 Å². The molecule has 2 aromatic carbocycles. The van der Waals surface area contributed by atoms with Gasteiger partial charge in [-0.3, -0.25) is 4.79 Å². The van der Waals surface area contributed by atoms with Crippen LogP contribution in [-0.4, -0.2) is 12.1 Å². The smallest absolute Gasteiger partial charge is 0.259 e. The predicted octanol–water partition coefficient (Wildman–Crippen LogP) is 3.14. The van der Waals surface area contributed by atoms with Crippen molar-refractivity contribution in [3.8, 4) is 5.75 Å². The molecule has 0 unspecified atom stereocenters. The first-order chi connectivity index (χ1) is 9.11. The second kappa shape index (κ2) is 4.09. The van der Waals surface area contributed by atoms with E-state index in [9.17, 15) is 9.18 Å².